The van der Waals surface area contributed by atoms with Crippen LogP contribution in [0, 0.1) is 28.6 Å². The third-order valence-electron chi connectivity index (χ3n) is 7.77. The first-order valence-electron chi connectivity index (χ1n) is 10.0. The molecule has 3 fully saturated rings. The summed E-state index contributed by atoms with van der Waals surface area (Å²) in [6.07, 6.45) is 11.3. The summed E-state index contributed by atoms with van der Waals surface area (Å²) in [6.45, 7) is 4.29. The summed E-state index contributed by atoms with van der Waals surface area (Å²) in [7, 11) is 0. The minimum atomic E-state index is -0.353. The Kier molecular flexibility index (Phi) is 4.20. The highest BCUT2D eigenvalue weighted by molar-refractivity contribution is 6.01. The monoisotopic (exact) mass is 356 g/mol. The number of hydrogen-bond acceptors (Lipinski definition) is 4. The third kappa shape index (κ3) is 2.44. The zero-order valence-corrected chi connectivity index (χ0v) is 15.8. The fourth-order valence-electron chi connectivity index (χ4n) is 6.33. The largest absolute Gasteiger partial charge is 0.464 e. The van der Waals surface area contributed by atoms with Gasteiger partial charge >= 0.3 is 5.97 Å². The minimum absolute atomic E-state index is 0.0348. The molecule has 0 spiro atoms. The van der Waals surface area contributed by atoms with E-state index in [1.165, 1.54) is 0 Å². The van der Waals surface area contributed by atoms with E-state index < -0.39 is 0 Å². The van der Waals surface area contributed by atoms with Crippen LogP contribution in [0.5, 0.6) is 0 Å². The van der Waals surface area contributed by atoms with Crippen molar-refractivity contribution < 1.29 is 19.1 Å². The van der Waals surface area contributed by atoms with E-state index in [1.807, 2.05) is 6.08 Å². The summed E-state index contributed by atoms with van der Waals surface area (Å²) in [5.74, 6) is 1.52. The fourth-order valence-corrected chi connectivity index (χ4v) is 6.33. The van der Waals surface area contributed by atoms with Crippen molar-refractivity contribution >= 4 is 17.5 Å². The van der Waals surface area contributed by atoms with Gasteiger partial charge in [-0.3, -0.25) is 14.4 Å². The second-order valence-electron chi connectivity index (χ2n) is 8.79. The second kappa shape index (κ2) is 6.17. The van der Waals surface area contributed by atoms with Gasteiger partial charge in [-0.1, -0.05) is 25.5 Å². The molecular formula is C22H28O4. The van der Waals surface area contributed by atoms with Crippen molar-refractivity contribution in [3.05, 3.63) is 23.8 Å². The second-order valence-corrected chi connectivity index (χ2v) is 8.79. The molecule has 0 N–H and O–H groups in total. The number of carbonyl (C=O) groups is 3. The SMILES string of the molecule is CCC(=O)OC[C@]12C=CC(=O)C=C1CC[C@H]1[C@@H]3CCC(=O)[C@@]3(C)CC[C@@H]12. The van der Waals surface area contributed by atoms with Crippen molar-refractivity contribution in [2.24, 2.45) is 28.6 Å². The molecule has 0 aliphatic heterocycles. The van der Waals surface area contributed by atoms with E-state index in [4.69, 9.17) is 4.74 Å². The molecule has 0 bridgehead atoms. The molecule has 0 aromatic rings. The van der Waals surface area contributed by atoms with Gasteiger partial charge < -0.3 is 4.74 Å². The zero-order valence-electron chi connectivity index (χ0n) is 15.8. The van der Waals surface area contributed by atoms with E-state index in [0.29, 0.717) is 43.0 Å². The molecule has 4 heteroatoms. The Labute approximate surface area is 155 Å². The molecular weight excluding hydrogens is 328 g/mol. The van der Waals surface area contributed by atoms with E-state index in [9.17, 15) is 14.4 Å². The summed E-state index contributed by atoms with van der Waals surface area (Å²) in [4.78, 5) is 36.3. The van der Waals surface area contributed by atoms with Crippen molar-refractivity contribution in [1.29, 1.82) is 0 Å². The maximum Gasteiger partial charge on any atom is 0.305 e. The number of allylic oxidation sites excluding steroid dienone is 2. The molecule has 4 nitrogen and oxygen atoms in total. The first-order chi connectivity index (χ1) is 12.4. The van der Waals surface area contributed by atoms with Gasteiger partial charge in [-0.05, 0) is 62.0 Å². The van der Waals surface area contributed by atoms with Gasteiger partial charge in [0, 0.05) is 23.7 Å². The maximum atomic E-state index is 12.5. The van der Waals surface area contributed by atoms with Crippen molar-refractivity contribution in [1.82, 2.24) is 0 Å². The van der Waals surface area contributed by atoms with Crippen molar-refractivity contribution in [2.45, 2.75) is 58.8 Å². The van der Waals surface area contributed by atoms with Crippen LogP contribution in [0.25, 0.3) is 0 Å². The number of fused-ring (bicyclic) bond motifs is 5. The number of carbonyl (C=O) groups excluding carboxylic acids is 3. The predicted octanol–water partition coefficient (Wildman–Crippen LogP) is 3.80. The van der Waals surface area contributed by atoms with E-state index in [0.717, 1.165) is 37.7 Å². The highest BCUT2D eigenvalue weighted by Gasteiger charge is 2.59. The number of rotatable bonds is 3. The van der Waals surface area contributed by atoms with Crippen molar-refractivity contribution in [3.8, 4) is 0 Å². The van der Waals surface area contributed by atoms with Crippen LogP contribution in [-0.4, -0.2) is 24.1 Å². The Bertz CT molecular complexity index is 718. The lowest BCUT2D eigenvalue weighted by atomic mass is 9.48. The Morgan fingerprint density at radius 3 is 2.77 bits per heavy atom. The van der Waals surface area contributed by atoms with Crippen LogP contribution in [0.2, 0.25) is 0 Å². The molecule has 4 aliphatic rings. The van der Waals surface area contributed by atoms with Gasteiger partial charge in [0.05, 0.1) is 0 Å². The van der Waals surface area contributed by atoms with Crippen molar-refractivity contribution in [3.63, 3.8) is 0 Å². The first-order valence-corrected chi connectivity index (χ1v) is 10.0. The average molecular weight is 356 g/mol. The maximum absolute atomic E-state index is 12.5. The number of esters is 1. The van der Waals surface area contributed by atoms with Gasteiger partial charge in [-0.25, -0.2) is 0 Å². The normalized spacial score (nSPS) is 41.2. The lowest BCUT2D eigenvalue weighted by molar-refractivity contribution is -0.148. The van der Waals surface area contributed by atoms with Crippen LogP contribution < -0.4 is 0 Å². The minimum Gasteiger partial charge on any atom is -0.464 e. The van der Waals surface area contributed by atoms with E-state index in [-0.39, 0.29) is 22.6 Å². The number of hydrogen-bond donors (Lipinski definition) is 0. The molecule has 0 saturated heterocycles. The molecule has 0 aromatic heterocycles. The fraction of sp³-hybridized carbons (Fsp3) is 0.682. The van der Waals surface area contributed by atoms with Gasteiger partial charge in [0.2, 0.25) is 0 Å². The quantitative estimate of drug-likeness (QED) is 0.722. The zero-order chi connectivity index (χ0) is 18.5. The highest BCUT2D eigenvalue weighted by atomic mass is 16.5. The Hall–Kier alpha value is -1.71. The van der Waals surface area contributed by atoms with Crippen LogP contribution in [0.4, 0.5) is 0 Å². The van der Waals surface area contributed by atoms with Gasteiger partial charge in [0.15, 0.2) is 5.78 Å². The molecule has 4 aliphatic carbocycles. The summed E-state index contributed by atoms with van der Waals surface area (Å²) in [6, 6.07) is 0. The lowest BCUT2D eigenvalue weighted by Crippen LogP contribution is -2.52. The molecule has 0 unspecified atom stereocenters. The Balaban J connectivity index is 1.69. The van der Waals surface area contributed by atoms with Crippen molar-refractivity contribution in [2.75, 3.05) is 6.61 Å². The summed E-state index contributed by atoms with van der Waals surface area (Å²) >= 11 is 0. The van der Waals surface area contributed by atoms with Crippen LogP contribution in [0.15, 0.2) is 23.8 Å². The van der Waals surface area contributed by atoms with Crippen LogP contribution >= 0.6 is 0 Å². The molecule has 0 radical (unpaired) electrons. The lowest BCUT2D eigenvalue weighted by Gasteiger charge is -2.56. The van der Waals surface area contributed by atoms with Gasteiger partial charge in [0.1, 0.15) is 12.4 Å². The van der Waals surface area contributed by atoms with Crippen LogP contribution in [-0.2, 0) is 19.1 Å². The molecule has 0 amide bonds. The van der Waals surface area contributed by atoms with E-state index in [2.05, 4.69) is 6.92 Å². The number of ether oxygens (including phenoxy) is 1. The Morgan fingerprint density at radius 1 is 1.19 bits per heavy atom. The van der Waals surface area contributed by atoms with Crippen LogP contribution in [0.1, 0.15) is 58.8 Å². The third-order valence-corrected chi connectivity index (χ3v) is 7.77. The summed E-state index contributed by atoms with van der Waals surface area (Å²) < 4.78 is 5.62. The highest BCUT2D eigenvalue weighted by Crippen LogP contribution is 2.63. The molecule has 0 aromatic carbocycles. The molecule has 3 saturated carbocycles. The van der Waals surface area contributed by atoms with E-state index >= 15 is 0 Å². The summed E-state index contributed by atoms with van der Waals surface area (Å²) in [5.41, 5.74) is 0.607. The van der Waals surface area contributed by atoms with E-state index in [1.54, 1.807) is 19.1 Å². The Morgan fingerprint density at radius 2 is 2.00 bits per heavy atom. The van der Waals surface area contributed by atoms with Gasteiger partial charge in [-0.2, -0.15) is 0 Å². The topological polar surface area (TPSA) is 60.4 Å². The smallest absolute Gasteiger partial charge is 0.305 e. The number of Topliss-reactive ketones (excluding diaryl/α,β-unsaturated/α-hetero) is 1. The van der Waals surface area contributed by atoms with Gasteiger partial charge in [-0.15, -0.1) is 0 Å². The molecule has 0 heterocycles. The molecule has 5 atom stereocenters. The molecule has 4 rings (SSSR count). The molecule has 26 heavy (non-hydrogen) atoms. The standard InChI is InChI=1S/C22H28O4/c1-3-20(25)26-13-22-11-8-15(23)12-14(22)4-5-16-17-6-7-19(24)21(17,2)10-9-18(16)22/h8,11-12,16-18H,3-7,9-10,13H2,1-2H3/t16-,17-,18-,21-,22+/m0/s1. The molecule has 140 valence electrons. The average Bonchev–Trinajstić information content (AvgIpc) is 2.94. The van der Waals surface area contributed by atoms with Gasteiger partial charge in [0.25, 0.3) is 0 Å². The summed E-state index contributed by atoms with van der Waals surface area (Å²) in [5, 5.41) is 0. The number of ketones is 2. The van der Waals surface area contributed by atoms with Crippen LogP contribution in [0.3, 0.4) is 0 Å². The predicted molar refractivity (Wildman–Crippen MR) is 97.2 cm³/mol. The first kappa shape index (κ1) is 17.7.